The molecular weight excluding hydrogens is 328 g/mol. The van der Waals surface area contributed by atoms with Gasteiger partial charge in [0.15, 0.2) is 0 Å². The summed E-state index contributed by atoms with van der Waals surface area (Å²) in [5.74, 6) is 0.808. The molecule has 0 unspecified atom stereocenters. The molecule has 0 aliphatic heterocycles. The maximum Gasteiger partial charge on any atom is 0.317 e. The number of amides is 2. The first-order valence-corrected chi connectivity index (χ1v) is 8.90. The zero-order valence-corrected chi connectivity index (χ0v) is 15.8. The molecule has 0 radical (unpaired) electrons. The van der Waals surface area contributed by atoms with Crippen LogP contribution in [0, 0.1) is 0 Å². The van der Waals surface area contributed by atoms with E-state index >= 15 is 0 Å². The summed E-state index contributed by atoms with van der Waals surface area (Å²) < 4.78 is 10.8. The molecule has 0 spiro atoms. The van der Waals surface area contributed by atoms with Gasteiger partial charge >= 0.3 is 6.03 Å². The van der Waals surface area contributed by atoms with Gasteiger partial charge in [-0.05, 0) is 35.2 Å². The Labute approximate surface area is 155 Å². The minimum absolute atomic E-state index is 0.106. The van der Waals surface area contributed by atoms with Gasteiger partial charge in [-0.2, -0.15) is 0 Å². The number of carbonyl (C=O) groups is 1. The van der Waals surface area contributed by atoms with Gasteiger partial charge in [-0.1, -0.05) is 43.3 Å². The molecule has 0 saturated carbocycles. The zero-order valence-electron chi connectivity index (χ0n) is 15.8. The minimum Gasteiger partial charge on any atom is -0.497 e. The van der Waals surface area contributed by atoms with Crippen molar-refractivity contribution in [3.63, 3.8) is 0 Å². The lowest BCUT2D eigenvalue weighted by Gasteiger charge is -2.19. The molecule has 0 aromatic heterocycles. The third kappa shape index (κ3) is 6.08. The lowest BCUT2D eigenvalue weighted by Crippen LogP contribution is -2.36. The Kier molecular flexibility index (Phi) is 7.96. The second-order valence-electron chi connectivity index (χ2n) is 6.18. The van der Waals surface area contributed by atoms with Gasteiger partial charge in [0, 0.05) is 26.7 Å². The van der Waals surface area contributed by atoms with Crippen LogP contribution in [-0.2, 0) is 24.4 Å². The van der Waals surface area contributed by atoms with Gasteiger partial charge in [0.05, 0.1) is 13.7 Å². The molecule has 2 aromatic rings. The molecule has 1 N–H and O–H groups in total. The van der Waals surface area contributed by atoms with Crippen molar-refractivity contribution in [3.8, 4) is 5.75 Å². The molecule has 5 heteroatoms. The molecule has 140 valence electrons. The Morgan fingerprint density at radius 3 is 2.42 bits per heavy atom. The molecule has 2 aromatic carbocycles. The van der Waals surface area contributed by atoms with Crippen molar-refractivity contribution in [1.29, 1.82) is 0 Å². The van der Waals surface area contributed by atoms with Crippen molar-refractivity contribution in [3.05, 3.63) is 65.2 Å². The number of nitrogens with zero attached hydrogens (tertiary/aromatic N) is 1. The molecular formula is C21H28N2O3. The lowest BCUT2D eigenvalue weighted by atomic mass is 10.1. The number of nitrogens with one attached hydrogen (secondary N) is 1. The average molecular weight is 356 g/mol. The predicted molar refractivity (Wildman–Crippen MR) is 103 cm³/mol. The molecule has 0 fully saturated rings. The van der Waals surface area contributed by atoms with Crippen molar-refractivity contribution in [1.82, 2.24) is 10.2 Å². The number of rotatable bonds is 9. The van der Waals surface area contributed by atoms with E-state index in [4.69, 9.17) is 9.47 Å². The Bertz CT molecular complexity index is 686. The number of methoxy groups -OCH3 is 1. The van der Waals surface area contributed by atoms with E-state index in [2.05, 4.69) is 12.2 Å². The Morgan fingerprint density at radius 2 is 1.77 bits per heavy atom. The van der Waals surface area contributed by atoms with Crippen molar-refractivity contribution in [2.24, 2.45) is 0 Å². The summed E-state index contributed by atoms with van der Waals surface area (Å²) >= 11 is 0. The predicted octanol–water partition coefficient (Wildman–Crippen LogP) is 3.96. The highest BCUT2D eigenvalue weighted by Gasteiger charge is 2.10. The lowest BCUT2D eigenvalue weighted by molar-refractivity contribution is 0.121. The molecule has 2 rings (SSSR count). The van der Waals surface area contributed by atoms with Crippen LogP contribution in [0.15, 0.2) is 48.5 Å². The fourth-order valence-electron chi connectivity index (χ4n) is 2.58. The molecule has 2 amide bonds. The van der Waals surface area contributed by atoms with E-state index in [0.717, 1.165) is 35.5 Å². The fourth-order valence-corrected chi connectivity index (χ4v) is 2.58. The van der Waals surface area contributed by atoms with Gasteiger partial charge in [-0.25, -0.2) is 4.79 Å². The zero-order chi connectivity index (χ0) is 18.8. The molecule has 0 aliphatic carbocycles. The van der Waals surface area contributed by atoms with E-state index in [9.17, 15) is 4.79 Å². The first-order chi connectivity index (χ1) is 12.6. The summed E-state index contributed by atoms with van der Waals surface area (Å²) in [6, 6.07) is 15.6. The summed E-state index contributed by atoms with van der Waals surface area (Å²) in [6.45, 7) is 4.42. The quantitative estimate of drug-likeness (QED) is 0.692. The minimum atomic E-state index is -0.106. The molecule has 26 heavy (non-hydrogen) atoms. The summed E-state index contributed by atoms with van der Waals surface area (Å²) in [6.07, 6.45) is 0.995. The SMILES string of the molecule is CCCOCc1ccccc1CNC(=O)N(C)Cc1ccc(OC)cc1. The fraction of sp³-hybridized carbons (Fsp3) is 0.381. The Balaban J connectivity index is 1.87. The third-order valence-corrected chi connectivity index (χ3v) is 4.08. The first kappa shape index (κ1) is 19.8. The van der Waals surface area contributed by atoms with Gasteiger partial charge < -0.3 is 19.7 Å². The van der Waals surface area contributed by atoms with Crippen LogP contribution in [0.1, 0.15) is 30.0 Å². The molecule has 5 nitrogen and oxygen atoms in total. The number of hydrogen-bond acceptors (Lipinski definition) is 3. The smallest absolute Gasteiger partial charge is 0.317 e. The van der Waals surface area contributed by atoms with Crippen LogP contribution < -0.4 is 10.1 Å². The van der Waals surface area contributed by atoms with Crippen LogP contribution >= 0.6 is 0 Å². The van der Waals surface area contributed by atoms with Crippen molar-refractivity contribution < 1.29 is 14.3 Å². The maximum absolute atomic E-state index is 12.4. The summed E-state index contributed by atoms with van der Waals surface area (Å²) in [7, 11) is 3.43. The van der Waals surface area contributed by atoms with Crippen LogP contribution in [0.4, 0.5) is 4.79 Å². The average Bonchev–Trinajstić information content (AvgIpc) is 2.67. The molecule has 0 aliphatic rings. The van der Waals surface area contributed by atoms with E-state index in [1.807, 2.05) is 48.5 Å². The summed E-state index contributed by atoms with van der Waals surface area (Å²) in [5.41, 5.74) is 3.24. The van der Waals surface area contributed by atoms with E-state index in [1.165, 1.54) is 0 Å². The Morgan fingerprint density at radius 1 is 1.08 bits per heavy atom. The topological polar surface area (TPSA) is 50.8 Å². The van der Waals surface area contributed by atoms with E-state index in [-0.39, 0.29) is 6.03 Å². The number of urea groups is 1. The first-order valence-electron chi connectivity index (χ1n) is 8.90. The van der Waals surface area contributed by atoms with Crippen LogP contribution in [-0.4, -0.2) is 31.7 Å². The summed E-state index contributed by atoms with van der Waals surface area (Å²) in [5, 5.41) is 2.98. The highest BCUT2D eigenvalue weighted by molar-refractivity contribution is 5.73. The largest absolute Gasteiger partial charge is 0.497 e. The van der Waals surface area contributed by atoms with Crippen molar-refractivity contribution in [2.45, 2.75) is 33.0 Å². The second kappa shape index (κ2) is 10.5. The Hall–Kier alpha value is -2.53. The van der Waals surface area contributed by atoms with Gasteiger partial charge in [-0.15, -0.1) is 0 Å². The molecule has 0 atom stereocenters. The van der Waals surface area contributed by atoms with E-state index in [0.29, 0.717) is 19.7 Å². The van der Waals surface area contributed by atoms with Gasteiger partial charge in [0.2, 0.25) is 0 Å². The molecule has 0 saturated heterocycles. The van der Waals surface area contributed by atoms with Crippen LogP contribution in [0.2, 0.25) is 0 Å². The van der Waals surface area contributed by atoms with Gasteiger partial charge in [0.1, 0.15) is 5.75 Å². The molecule has 0 heterocycles. The van der Waals surface area contributed by atoms with E-state index in [1.54, 1.807) is 19.1 Å². The van der Waals surface area contributed by atoms with Crippen LogP contribution in [0.25, 0.3) is 0 Å². The standard InChI is InChI=1S/C21H28N2O3/c1-4-13-26-16-19-8-6-5-7-18(19)14-22-21(24)23(2)15-17-9-11-20(25-3)12-10-17/h5-12H,4,13-16H2,1-3H3,(H,22,24). The number of carbonyl (C=O) groups excluding carboxylic acids is 1. The monoisotopic (exact) mass is 356 g/mol. The van der Waals surface area contributed by atoms with E-state index < -0.39 is 0 Å². The second-order valence-corrected chi connectivity index (χ2v) is 6.18. The van der Waals surface area contributed by atoms with Crippen LogP contribution in [0.3, 0.4) is 0 Å². The van der Waals surface area contributed by atoms with Gasteiger partial charge in [0.25, 0.3) is 0 Å². The third-order valence-electron chi connectivity index (χ3n) is 4.08. The maximum atomic E-state index is 12.4. The van der Waals surface area contributed by atoms with Crippen molar-refractivity contribution >= 4 is 6.03 Å². The molecule has 0 bridgehead atoms. The number of ether oxygens (including phenoxy) is 2. The summed E-state index contributed by atoms with van der Waals surface area (Å²) in [4.78, 5) is 14.0. The highest BCUT2D eigenvalue weighted by atomic mass is 16.5. The number of hydrogen-bond donors (Lipinski definition) is 1. The van der Waals surface area contributed by atoms with Crippen molar-refractivity contribution in [2.75, 3.05) is 20.8 Å². The highest BCUT2D eigenvalue weighted by Crippen LogP contribution is 2.13. The van der Waals surface area contributed by atoms with Crippen LogP contribution in [0.5, 0.6) is 5.75 Å². The normalized spacial score (nSPS) is 10.4. The van der Waals surface area contributed by atoms with Gasteiger partial charge in [-0.3, -0.25) is 0 Å². The number of benzene rings is 2.